The number of amides is 1. The highest BCUT2D eigenvalue weighted by atomic mass is 35.5. The first-order valence-electron chi connectivity index (χ1n) is 11.8. The van der Waals surface area contributed by atoms with Crippen molar-refractivity contribution in [3.8, 4) is 11.3 Å². The van der Waals surface area contributed by atoms with Crippen molar-refractivity contribution < 1.29 is 14.1 Å². The summed E-state index contributed by atoms with van der Waals surface area (Å²) >= 11 is 13.0. The molecule has 2 unspecified atom stereocenters. The smallest absolute Gasteiger partial charge is 0.410 e. The summed E-state index contributed by atoms with van der Waals surface area (Å²) < 4.78 is 11.5. The Hall–Kier alpha value is -1.76. The molecule has 4 aliphatic rings. The van der Waals surface area contributed by atoms with Gasteiger partial charge in [0.2, 0.25) is 0 Å². The van der Waals surface area contributed by atoms with Gasteiger partial charge in [0.15, 0.2) is 0 Å². The molecule has 0 radical (unpaired) electrons. The van der Waals surface area contributed by atoms with E-state index in [0.29, 0.717) is 28.5 Å². The Bertz CT molecular complexity index is 1030. The zero-order chi connectivity index (χ0) is 23.5. The van der Waals surface area contributed by atoms with Crippen LogP contribution in [-0.4, -0.2) is 51.8 Å². The van der Waals surface area contributed by atoms with Gasteiger partial charge in [-0.2, -0.15) is 0 Å². The minimum Gasteiger partial charge on any atom is -0.444 e. The van der Waals surface area contributed by atoms with Crippen LogP contribution in [0.25, 0.3) is 11.3 Å². The summed E-state index contributed by atoms with van der Waals surface area (Å²) in [5, 5.41) is 5.58. The molecule has 4 fully saturated rings. The topological polar surface area (TPSA) is 58.8 Å². The minimum absolute atomic E-state index is 0.185. The van der Waals surface area contributed by atoms with E-state index in [-0.39, 0.29) is 18.2 Å². The van der Waals surface area contributed by atoms with E-state index in [1.807, 2.05) is 43.9 Å². The highest BCUT2D eigenvalue weighted by Gasteiger charge is 2.50. The van der Waals surface area contributed by atoms with Crippen LogP contribution in [0.3, 0.4) is 0 Å². The first kappa shape index (κ1) is 23.0. The highest BCUT2D eigenvalue weighted by molar-refractivity contribution is 6.39. The lowest BCUT2D eigenvalue weighted by Crippen LogP contribution is -2.66. The predicted molar refractivity (Wildman–Crippen MR) is 129 cm³/mol. The van der Waals surface area contributed by atoms with Crippen molar-refractivity contribution in [2.45, 2.75) is 89.1 Å². The number of rotatable bonds is 5. The van der Waals surface area contributed by atoms with Crippen molar-refractivity contribution in [1.29, 1.82) is 0 Å². The largest absolute Gasteiger partial charge is 0.444 e. The molecular formula is C25H31Cl2N3O3. The van der Waals surface area contributed by atoms with Crippen LogP contribution in [0.4, 0.5) is 4.79 Å². The molecule has 2 aliphatic carbocycles. The van der Waals surface area contributed by atoms with E-state index in [2.05, 4.69) is 17.1 Å². The molecule has 3 heterocycles. The number of carbonyl (C=O) groups is 1. The van der Waals surface area contributed by atoms with Gasteiger partial charge in [0.25, 0.3) is 0 Å². The van der Waals surface area contributed by atoms with Crippen LogP contribution in [0.15, 0.2) is 22.7 Å². The van der Waals surface area contributed by atoms with Crippen molar-refractivity contribution in [2.24, 2.45) is 0 Å². The summed E-state index contributed by atoms with van der Waals surface area (Å²) in [5.74, 6) is 1.39. The summed E-state index contributed by atoms with van der Waals surface area (Å²) in [4.78, 5) is 16.9. The molecule has 0 N–H and O–H groups in total. The fourth-order valence-electron chi connectivity index (χ4n) is 5.26. The van der Waals surface area contributed by atoms with Gasteiger partial charge >= 0.3 is 6.09 Å². The number of aromatic nitrogens is 1. The molecule has 6 rings (SSSR count). The third kappa shape index (κ3) is 4.50. The van der Waals surface area contributed by atoms with Crippen LogP contribution in [0, 0.1) is 0 Å². The maximum atomic E-state index is 12.6. The van der Waals surface area contributed by atoms with Crippen molar-refractivity contribution in [2.75, 3.05) is 7.05 Å². The Morgan fingerprint density at radius 2 is 1.82 bits per heavy atom. The monoisotopic (exact) mass is 491 g/mol. The van der Waals surface area contributed by atoms with Crippen molar-refractivity contribution >= 4 is 29.3 Å². The Balaban J connectivity index is 1.33. The van der Waals surface area contributed by atoms with Gasteiger partial charge in [-0.05, 0) is 72.1 Å². The molecule has 2 saturated heterocycles. The van der Waals surface area contributed by atoms with Gasteiger partial charge < -0.3 is 14.2 Å². The number of piperidine rings is 1. The summed E-state index contributed by atoms with van der Waals surface area (Å²) in [7, 11) is 2.15. The molecule has 0 spiro atoms. The second kappa shape index (κ2) is 8.47. The fraction of sp³-hybridized carbons (Fsp3) is 0.600. The molecule has 1 aromatic carbocycles. The molecule has 2 bridgehead atoms. The van der Waals surface area contributed by atoms with E-state index < -0.39 is 5.60 Å². The summed E-state index contributed by atoms with van der Waals surface area (Å²) in [5.41, 5.74) is 2.09. The fourth-order valence-corrected chi connectivity index (χ4v) is 5.83. The highest BCUT2D eigenvalue weighted by Crippen LogP contribution is 2.47. The molecule has 8 heteroatoms. The molecule has 1 aromatic heterocycles. The van der Waals surface area contributed by atoms with Gasteiger partial charge in [-0.15, -0.1) is 0 Å². The molecule has 178 valence electrons. The quantitative estimate of drug-likeness (QED) is 0.477. The Labute approximate surface area is 205 Å². The van der Waals surface area contributed by atoms with E-state index in [1.54, 1.807) is 0 Å². The molecule has 2 aromatic rings. The van der Waals surface area contributed by atoms with Crippen LogP contribution >= 0.6 is 23.2 Å². The van der Waals surface area contributed by atoms with Crippen LogP contribution in [0.1, 0.15) is 70.1 Å². The average molecular weight is 492 g/mol. The Morgan fingerprint density at radius 1 is 1.18 bits per heavy atom. The average Bonchev–Trinajstić information content (AvgIpc) is 3.48. The van der Waals surface area contributed by atoms with Crippen LogP contribution in [0.5, 0.6) is 0 Å². The summed E-state index contributed by atoms with van der Waals surface area (Å²) in [6.45, 7) is 6.45. The zero-order valence-corrected chi connectivity index (χ0v) is 21.1. The number of fused-ring (bicyclic) bond motifs is 2. The number of nitrogens with zero attached hydrogens (tertiary/aromatic N) is 3. The molecule has 33 heavy (non-hydrogen) atoms. The molecule has 1 amide bonds. The number of halogens is 2. The zero-order valence-electron chi connectivity index (χ0n) is 19.6. The number of benzene rings is 1. The minimum atomic E-state index is -0.471. The third-order valence-corrected chi connectivity index (χ3v) is 7.65. The van der Waals surface area contributed by atoms with Crippen LogP contribution in [0.2, 0.25) is 10.0 Å². The van der Waals surface area contributed by atoms with Crippen molar-refractivity contribution in [1.82, 2.24) is 15.0 Å². The standard InChI is InChI=1S/C25H31Cl2N3O3/c1-25(2,3)32-24(31)30-16-10-15(11-17(30)12-16)29(4)13-18-22(28-33-23(18)14-8-9-14)21-19(26)6-5-7-20(21)27/h5-7,14-17H,8-13H2,1-4H3. The van der Waals surface area contributed by atoms with Gasteiger partial charge in [-0.25, -0.2) is 4.79 Å². The van der Waals surface area contributed by atoms with E-state index in [1.165, 1.54) is 0 Å². The molecule has 2 saturated carbocycles. The molecule has 2 aliphatic heterocycles. The van der Waals surface area contributed by atoms with Gasteiger partial charge in [0, 0.05) is 41.7 Å². The molecule has 6 nitrogen and oxygen atoms in total. The first-order valence-corrected chi connectivity index (χ1v) is 12.5. The van der Waals surface area contributed by atoms with Gasteiger partial charge in [0.05, 0.1) is 10.0 Å². The van der Waals surface area contributed by atoms with E-state index in [0.717, 1.165) is 54.7 Å². The SMILES string of the molecule is CN(Cc1c(-c2c(Cl)cccc2Cl)noc1C1CC1)C1CC2CC(C1)N2C(=O)OC(C)(C)C. The maximum absolute atomic E-state index is 12.6. The van der Waals surface area contributed by atoms with Crippen LogP contribution in [-0.2, 0) is 11.3 Å². The summed E-state index contributed by atoms with van der Waals surface area (Å²) in [6.07, 6.45) is 5.01. The maximum Gasteiger partial charge on any atom is 0.410 e. The van der Waals surface area contributed by atoms with Crippen LogP contribution < -0.4 is 0 Å². The lowest BCUT2D eigenvalue weighted by Gasteiger charge is -2.56. The lowest BCUT2D eigenvalue weighted by atomic mass is 9.76. The van der Waals surface area contributed by atoms with E-state index >= 15 is 0 Å². The molecular weight excluding hydrogens is 461 g/mol. The number of hydrogen-bond donors (Lipinski definition) is 0. The normalized spacial score (nSPS) is 24.7. The van der Waals surface area contributed by atoms with Gasteiger partial charge in [-0.3, -0.25) is 4.90 Å². The number of ether oxygens (including phenoxy) is 1. The summed E-state index contributed by atoms with van der Waals surface area (Å²) in [6, 6.07) is 6.38. The number of hydrogen-bond acceptors (Lipinski definition) is 5. The third-order valence-electron chi connectivity index (χ3n) is 7.02. The Morgan fingerprint density at radius 3 is 2.39 bits per heavy atom. The molecule has 2 atom stereocenters. The lowest BCUT2D eigenvalue weighted by molar-refractivity contribution is -0.0722. The first-order chi connectivity index (χ1) is 15.6. The number of carbonyl (C=O) groups excluding carboxylic acids is 1. The van der Waals surface area contributed by atoms with Gasteiger partial charge in [0.1, 0.15) is 17.1 Å². The van der Waals surface area contributed by atoms with Crippen molar-refractivity contribution in [3.05, 3.63) is 39.6 Å². The Kier molecular flexibility index (Phi) is 5.91. The van der Waals surface area contributed by atoms with Crippen molar-refractivity contribution in [3.63, 3.8) is 0 Å². The second-order valence-corrected chi connectivity index (χ2v) is 11.5. The van der Waals surface area contributed by atoms with E-state index in [9.17, 15) is 4.79 Å². The van der Waals surface area contributed by atoms with E-state index in [4.69, 9.17) is 32.5 Å². The van der Waals surface area contributed by atoms with Gasteiger partial charge in [-0.1, -0.05) is 34.4 Å². The second-order valence-electron chi connectivity index (χ2n) is 10.7. The predicted octanol–water partition coefficient (Wildman–Crippen LogP) is 6.50.